The Morgan fingerprint density at radius 3 is 2.63 bits per heavy atom. The molecule has 0 amide bonds. The monoisotopic (exact) mass is 277 g/mol. The van der Waals surface area contributed by atoms with Crippen LogP contribution in [-0.2, 0) is 18.3 Å². The minimum absolute atomic E-state index is 0.112. The van der Waals surface area contributed by atoms with Gasteiger partial charge in [-0.15, -0.1) is 0 Å². The van der Waals surface area contributed by atoms with E-state index in [2.05, 4.69) is 0 Å². The lowest BCUT2D eigenvalue weighted by Crippen LogP contribution is -2.11. The summed E-state index contributed by atoms with van der Waals surface area (Å²) in [6.45, 7) is 0. The van der Waals surface area contributed by atoms with E-state index in [0.717, 1.165) is 0 Å². The third-order valence-corrected chi connectivity index (χ3v) is 3.11. The van der Waals surface area contributed by atoms with E-state index in [-0.39, 0.29) is 12.2 Å². The highest BCUT2D eigenvalue weighted by Gasteiger charge is 2.16. The molecule has 0 unspecified atom stereocenters. The molecule has 0 saturated heterocycles. The summed E-state index contributed by atoms with van der Waals surface area (Å²) in [5, 5.41) is 9.27. The van der Waals surface area contributed by atoms with Gasteiger partial charge in [-0.05, 0) is 24.3 Å². The first-order valence-electron chi connectivity index (χ1n) is 5.65. The molecule has 0 atom stereocenters. The Morgan fingerprint density at radius 1 is 1.26 bits per heavy atom. The molecule has 5 heteroatoms. The molecule has 2 aromatic rings. The van der Waals surface area contributed by atoms with Crippen LogP contribution in [0, 0.1) is 0 Å². The standard InChI is InChI=1S/C14H12ClNO3/c1-16-11(8-13(17)18)5-6-12(16)14(19)9-3-2-4-10(15)7-9/h2-7H,8H2,1H3,(H,17,18). The van der Waals surface area contributed by atoms with Crippen LogP contribution in [0.1, 0.15) is 21.7 Å². The Morgan fingerprint density at radius 2 is 2.00 bits per heavy atom. The second-order valence-corrected chi connectivity index (χ2v) is 4.62. The fourth-order valence-corrected chi connectivity index (χ4v) is 2.08. The van der Waals surface area contributed by atoms with E-state index < -0.39 is 5.97 Å². The average molecular weight is 278 g/mol. The molecule has 19 heavy (non-hydrogen) atoms. The highest BCUT2D eigenvalue weighted by atomic mass is 35.5. The minimum atomic E-state index is -0.928. The van der Waals surface area contributed by atoms with Crippen molar-refractivity contribution in [3.63, 3.8) is 0 Å². The molecule has 2 rings (SSSR count). The summed E-state index contributed by atoms with van der Waals surface area (Å²) in [6, 6.07) is 9.94. The molecule has 0 saturated carbocycles. The van der Waals surface area contributed by atoms with E-state index in [9.17, 15) is 9.59 Å². The Bertz CT molecular complexity index is 646. The number of aliphatic carboxylic acids is 1. The van der Waals surface area contributed by atoms with Crippen LogP contribution in [0.25, 0.3) is 0 Å². The van der Waals surface area contributed by atoms with Gasteiger partial charge >= 0.3 is 5.97 Å². The first-order valence-corrected chi connectivity index (χ1v) is 6.03. The Hall–Kier alpha value is -2.07. The Kier molecular flexibility index (Phi) is 3.71. The molecule has 0 spiro atoms. The van der Waals surface area contributed by atoms with E-state index in [4.69, 9.17) is 16.7 Å². The SMILES string of the molecule is Cn1c(CC(=O)O)ccc1C(=O)c1cccc(Cl)c1. The van der Waals surface area contributed by atoms with Crippen molar-refractivity contribution in [2.75, 3.05) is 0 Å². The van der Waals surface area contributed by atoms with Crippen LogP contribution < -0.4 is 0 Å². The molecule has 0 bridgehead atoms. The van der Waals surface area contributed by atoms with Crippen LogP contribution in [0.5, 0.6) is 0 Å². The largest absolute Gasteiger partial charge is 0.481 e. The second-order valence-electron chi connectivity index (χ2n) is 4.18. The lowest BCUT2D eigenvalue weighted by Gasteiger charge is -2.06. The number of ketones is 1. The smallest absolute Gasteiger partial charge is 0.309 e. The maximum absolute atomic E-state index is 12.3. The number of carboxylic acid groups (broad SMARTS) is 1. The third-order valence-electron chi connectivity index (χ3n) is 2.88. The number of rotatable bonds is 4. The average Bonchev–Trinajstić information content (AvgIpc) is 2.69. The van der Waals surface area contributed by atoms with Gasteiger partial charge in [0.05, 0.1) is 12.1 Å². The van der Waals surface area contributed by atoms with Gasteiger partial charge in [-0.2, -0.15) is 0 Å². The molecule has 0 radical (unpaired) electrons. The molecule has 0 aliphatic heterocycles. The zero-order valence-corrected chi connectivity index (χ0v) is 11.0. The summed E-state index contributed by atoms with van der Waals surface area (Å²) in [5.74, 6) is -1.11. The van der Waals surface area contributed by atoms with Gasteiger partial charge in [-0.3, -0.25) is 9.59 Å². The number of hydrogen-bond donors (Lipinski definition) is 1. The summed E-state index contributed by atoms with van der Waals surface area (Å²) >= 11 is 5.85. The lowest BCUT2D eigenvalue weighted by molar-refractivity contribution is -0.136. The van der Waals surface area contributed by atoms with Crippen LogP contribution >= 0.6 is 11.6 Å². The molecule has 1 aromatic carbocycles. The molecule has 4 nitrogen and oxygen atoms in total. The van der Waals surface area contributed by atoms with Crippen LogP contribution in [0.15, 0.2) is 36.4 Å². The van der Waals surface area contributed by atoms with Gasteiger partial charge in [0.15, 0.2) is 0 Å². The molecule has 1 N–H and O–H groups in total. The van der Waals surface area contributed by atoms with Crippen molar-refractivity contribution in [3.8, 4) is 0 Å². The fourth-order valence-electron chi connectivity index (χ4n) is 1.89. The normalized spacial score (nSPS) is 10.4. The molecule has 1 aromatic heterocycles. The fraction of sp³-hybridized carbons (Fsp3) is 0.143. The maximum Gasteiger partial charge on any atom is 0.309 e. The quantitative estimate of drug-likeness (QED) is 0.874. The van der Waals surface area contributed by atoms with Crippen molar-refractivity contribution in [3.05, 3.63) is 58.4 Å². The maximum atomic E-state index is 12.3. The van der Waals surface area contributed by atoms with E-state index in [1.54, 1.807) is 48.0 Å². The van der Waals surface area contributed by atoms with Crippen LogP contribution in [0.3, 0.4) is 0 Å². The van der Waals surface area contributed by atoms with Crippen molar-refractivity contribution >= 4 is 23.4 Å². The molecular weight excluding hydrogens is 266 g/mol. The summed E-state index contributed by atoms with van der Waals surface area (Å²) < 4.78 is 1.59. The summed E-state index contributed by atoms with van der Waals surface area (Å²) in [6.07, 6.45) is -0.112. The summed E-state index contributed by atoms with van der Waals surface area (Å²) in [7, 11) is 1.68. The Balaban J connectivity index is 2.35. The van der Waals surface area contributed by atoms with Gasteiger partial charge in [0, 0.05) is 23.3 Å². The van der Waals surface area contributed by atoms with Crippen molar-refractivity contribution < 1.29 is 14.7 Å². The van der Waals surface area contributed by atoms with Crippen LogP contribution in [0.2, 0.25) is 5.02 Å². The van der Waals surface area contributed by atoms with Crippen LogP contribution in [-0.4, -0.2) is 21.4 Å². The number of carbonyl (C=O) groups excluding carboxylic acids is 1. The summed E-state index contributed by atoms with van der Waals surface area (Å²) in [5.41, 5.74) is 1.51. The first-order chi connectivity index (χ1) is 8.99. The number of carboxylic acids is 1. The van der Waals surface area contributed by atoms with Gasteiger partial charge < -0.3 is 9.67 Å². The number of benzene rings is 1. The number of aromatic nitrogens is 1. The van der Waals surface area contributed by atoms with Gasteiger partial charge in [-0.1, -0.05) is 23.7 Å². The number of hydrogen-bond acceptors (Lipinski definition) is 2. The highest BCUT2D eigenvalue weighted by molar-refractivity contribution is 6.31. The van der Waals surface area contributed by atoms with Gasteiger partial charge in [0.25, 0.3) is 0 Å². The molecule has 1 heterocycles. The van der Waals surface area contributed by atoms with Crippen molar-refractivity contribution in [2.24, 2.45) is 7.05 Å². The second kappa shape index (κ2) is 5.28. The molecule has 0 aliphatic carbocycles. The third kappa shape index (κ3) is 2.85. The van der Waals surface area contributed by atoms with Crippen molar-refractivity contribution in [2.45, 2.75) is 6.42 Å². The predicted octanol–water partition coefficient (Wildman–Crippen LogP) is 2.54. The first kappa shape index (κ1) is 13.4. The van der Waals surface area contributed by atoms with E-state index in [1.807, 2.05) is 0 Å². The van der Waals surface area contributed by atoms with Gasteiger partial charge in [0.1, 0.15) is 0 Å². The van der Waals surface area contributed by atoms with Crippen molar-refractivity contribution in [1.29, 1.82) is 0 Å². The molecular formula is C14H12ClNO3. The van der Waals surface area contributed by atoms with Gasteiger partial charge in [0.2, 0.25) is 5.78 Å². The van der Waals surface area contributed by atoms with Crippen molar-refractivity contribution in [1.82, 2.24) is 4.57 Å². The number of nitrogens with zero attached hydrogens (tertiary/aromatic N) is 1. The predicted molar refractivity (Wildman–Crippen MR) is 71.6 cm³/mol. The molecule has 0 fully saturated rings. The topological polar surface area (TPSA) is 59.3 Å². The van der Waals surface area contributed by atoms with E-state index >= 15 is 0 Å². The number of carbonyl (C=O) groups is 2. The lowest BCUT2D eigenvalue weighted by atomic mass is 10.1. The zero-order valence-electron chi connectivity index (χ0n) is 10.3. The highest BCUT2D eigenvalue weighted by Crippen LogP contribution is 2.17. The van der Waals surface area contributed by atoms with E-state index in [0.29, 0.717) is 22.0 Å². The Labute approximate surface area is 115 Å². The van der Waals surface area contributed by atoms with Gasteiger partial charge in [-0.25, -0.2) is 0 Å². The van der Waals surface area contributed by atoms with Crippen LogP contribution in [0.4, 0.5) is 0 Å². The zero-order chi connectivity index (χ0) is 14.0. The molecule has 98 valence electrons. The number of halogens is 1. The minimum Gasteiger partial charge on any atom is -0.481 e. The van der Waals surface area contributed by atoms with E-state index in [1.165, 1.54) is 0 Å². The summed E-state index contributed by atoms with van der Waals surface area (Å²) in [4.78, 5) is 23.0. The molecule has 0 aliphatic rings.